The molecular weight excluding hydrogens is 861 g/mol. The van der Waals surface area contributed by atoms with Gasteiger partial charge in [-0.05, 0) is 98.3 Å². The van der Waals surface area contributed by atoms with E-state index < -0.39 is 21.4 Å². The molecule has 0 atom stereocenters. The number of hydrogen-bond donors (Lipinski definition) is 0. The third-order valence-electron chi connectivity index (χ3n) is 13.7. The van der Waals surface area contributed by atoms with Crippen molar-refractivity contribution in [1.29, 1.82) is 0 Å². The number of anilines is 4. The van der Waals surface area contributed by atoms with Crippen molar-refractivity contribution in [3.8, 4) is 16.9 Å². The van der Waals surface area contributed by atoms with Crippen LogP contribution in [0.25, 0.3) is 38.8 Å². The van der Waals surface area contributed by atoms with Crippen LogP contribution in [0, 0.1) is 0 Å². The number of aromatic nitrogens is 2. The largest absolute Gasteiger partial charge is 0.468 e. The van der Waals surface area contributed by atoms with Crippen LogP contribution < -0.4 is 15.3 Å². The molecule has 0 amide bonds. The lowest BCUT2D eigenvalue weighted by Crippen LogP contribution is -2.59. The molecule has 10 rings (SSSR count). The van der Waals surface area contributed by atoms with Gasteiger partial charge in [0.25, 0.3) is 0 Å². The summed E-state index contributed by atoms with van der Waals surface area (Å²) in [7, 11) is -1.66. The minimum atomic E-state index is -0.687. The van der Waals surface area contributed by atoms with Gasteiger partial charge < -0.3 is 28.3 Å². The number of rotatable bonds is 10. The molecule has 6 aromatic carbocycles. The van der Waals surface area contributed by atoms with Crippen molar-refractivity contribution in [2.75, 3.05) is 16.5 Å². The Bertz CT molecular complexity index is 3170. The summed E-state index contributed by atoms with van der Waals surface area (Å²) in [5.41, 5.74) is 14.7. The van der Waals surface area contributed by atoms with Gasteiger partial charge in [0.2, 0.25) is 0 Å². The van der Waals surface area contributed by atoms with E-state index in [1.807, 2.05) is 18.3 Å². The molecule has 2 aliphatic rings. The number of ether oxygens (including phenoxy) is 1. The number of para-hydroxylation sites is 4. The van der Waals surface area contributed by atoms with Gasteiger partial charge in [-0.2, -0.15) is 0 Å². The van der Waals surface area contributed by atoms with E-state index in [0.29, 0.717) is 25.8 Å². The number of benzene rings is 6. The highest BCUT2D eigenvalue weighted by atomic mass is 16.7. The number of hydrogen-bond acceptors (Lipinski definition) is 7. The fraction of sp³-hybridized carbons (Fsp3) is 0.305. The molecule has 2 aliphatic heterocycles. The van der Waals surface area contributed by atoms with Gasteiger partial charge >= 0.3 is 21.4 Å². The Morgan fingerprint density at radius 3 is 1.94 bits per heavy atom. The van der Waals surface area contributed by atoms with Crippen LogP contribution in [0.5, 0.6) is 0 Å². The summed E-state index contributed by atoms with van der Waals surface area (Å²) in [6.45, 7) is 26.0. The molecule has 8 aromatic rings. The summed E-state index contributed by atoms with van der Waals surface area (Å²) >= 11 is 0. The van der Waals surface area contributed by atoms with Crippen molar-refractivity contribution in [1.82, 2.24) is 9.55 Å². The zero-order chi connectivity index (χ0) is 49.1. The molecule has 0 saturated carbocycles. The lowest BCUT2D eigenvalue weighted by atomic mass is 9.50. The van der Waals surface area contributed by atoms with E-state index in [-0.39, 0.29) is 16.0 Å². The molecule has 70 heavy (non-hydrogen) atoms. The highest BCUT2D eigenvalue weighted by Crippen LogP contribution is 2.48. The van der Waals surface area contributed by atoms with E-state index in [0.717, 1.165) is 61.8 Å². The van der Waals surface area contributed by atoms with Gasteiger partial charge in [0, 0.05) is 33.7 Å². The lowest BCUT2D eigenvalue weighted by molar-refractivity contribution is 0.107. The van der Waals surface area contributed by atoms with E-state index in [9.17, 15) is 0 Å². The summed E-state index contributed by atoms with van der Waals surface area (Å²) < 4.78 is 29.3. The highest BCUT2D eigenvalue weighted by Gasteiger charge is 2.52. The topological polar surface area (TPSA) is 61.2 Å². The SMILES string of the molecule is CC(C)c1cc(-c2cccc(B3OB(C(C)(C)C)OB(C(C)(C)C)O3)c2N2CN(c3cccc(COCc4ccc5c6ccccc6n(-c6ccccn6)c5c4)c3)c3ccccc32)cc(C(C)(C)C)c1. The summed E-state index contributed by atoms with van der Waals surface area (Å²) in [6.07, 6.45) is 1.85. The van der Waals surface area contributed by atoms with Crippen LogP contribution in [0.15, 0.2) is 152 Å². The van der Waals surface area contributed by atoms with Crippen LogP contribution in [0.3, 0.4) is 0 Å². The second-order valence-electron chi connectivity index (χ2n) is 22.7. The average Bonchev–Trinajstić information content (AvgIpc) is 3.89. The Morgan fingerprint density at radius 1 is 0.600 bits per heavy atom. The number of nitrogens with zero attached hydrogens (tertiary/aromatic N) is 4. The quantitative estimate of drug-likeness (QED) is 0.127. The van der Waals surface area contributed by atoms with E-state index in [1.54, 1.807) is 0 Å². The molecule has 11 heteroatoms. The first-order valence-electron chi connectivity index (χ1n) is 24.9. The summed E-state index contributed by atoms with van der Waals surface area (Å²) in [5, 5.41) is 1.81. The summed E-state index contributed by atoms with van der Waals surface area (Å²) in [4.78, 5) is 9.60. The second-order valence-corrected chi connectivity index (χ2v) is 22.7. The first kappa shape index (κ1) is 47.6. The monoisotopic (exact) mass is 927 g/mol. The van der Waals surface area contributed by atoms with Crippen molar-refractivity contribution in [2.45, 2.75) is 111 Å². The Hall–Kier alpha value is -6.10. The van der Waals surface area contributed by atoms with Gasteiger partial charge in [0.15, 0.2) is 0 Å². The lowest BCUT2D eigenvalue weighted by Gasteiger charge is -2.41. The first-order valence-corrected chi connectivity index (χ1v) is 24.9. The Morgan fingerprint density at radius 2 is 1.26 bits per heavy atom. The predicted molar refractivity (Wildman–Crippen MR) is 293 cm³/mol. The average molecular weight is 927 g/mol. The Labute approximate surface area is 416 Å². The zero-order valence-corrected chi connectivity index (χ0v) is 42.8. The maximum Gasteiger partial charge on any atom is 0.468 e. The highest BCUT2D eigenvalue weighted by molar-refractivity contribution is 6.81. The Kier molecular flexibility index (Phi) is 12.6. The van der Waals surface area contributed by atoms with E-state index in [2.05, 4.69) is 224 Å². The van der Waals surface area contributed by atoms with Gasteiger partial charge in [-0.15, -0.1) is 0 Å². The molecule has 8 nitrogen and oxygen atoms in total. The smallest absolute Gasteiger partial charge is 0.452 e. The first-order chi connectivity index (χ1) is 33.4. The zero-order valence-electron chi connectivity index (χ0n) is 42.8. The van der Waals surface area contributed by atoms with Crippen molar-refractivity contribution < 1.29 is 18.5 Å². The Balaban J connectivity index is 1.00. The molecule has 354 valence electrons. The van der Waals surface area contributed by atoms with Gasteiger partial charge in [0.05, 0.1) is 41.3 Å². The van der Waals surface area contributed by atoms with Crippen LogP contribution in [-0.2, 0) is 37.1 Å². The predicted octanol–water partition coefficient (Wildman–Crippen LogP) is 14.6. The molecule has 2 aromatic heterocycles. The minimum Gasteiger partial charge on any atom is -0.452 e. The molecule has 0 N–H and O–H groups in total. The maximum atomic E-state index is 6.94. The maximum absolute atomic E-state index is 6.94. The fourth-order valence-electron chi connectivity index (χ4n) is 9.82. The minimum absolute atomic E-state index is 0.0506. The summed E-state index contributed by atoms with van der Waals surface area (Å²) in [6, 6.07) is 52.5. The van der Waals surface area contributed by atoms with Crippen LogP contribution in [0.1, 0.15) is 104 Å². The van der Waals surface area contributed by atoms with Gasteiger partial charge in [-0.25, -0.2) is 4.98 Å². The van der Waals surface area contributed by atoms with Crippen molar-refractivity contribution in [2.24, 2.45) is 0 Å². The van der Waals surface area contributed by atoms with Crippen LogP contribution in [0.2, 0.25) is 10.6 Å². The van der Waals surface area contributed by atoms with E-state index >= 15 is 0 Å². The van der Waals surface area contributed by atoms with Gasteiger partial charge in [-0.3, -0.25) is 4.57 Å². The molecule has 1 saturated heterocycles. The van der Waals surface area contributed by atoms with Crippen LogP contribution in [0.4, 0.5) is 22.7 Å². The summed E-state index contributed by atoms with van der Waals surface area (Å²) in [5.74, 6) is 1.25. The van der Waals surface area contributed by atoms with Crippen molar-refractivity contribution >= 4 is 71.4 Å². The molecule has 0 aliphatic carbocycles. The standard InChI is InChI=1S/C59H65B3N4O4/c1-40(2)43-34-44(36-45(35-43)57(3,4)5)47-23-19-24-50(60-68-61(58(6,7)8)70-62(69-60)59(9,10)11)56(47)65-39-64(52-26-14-15-27-53(52)65)46-21-18-20-41(32-46)37-67-38-42-29-30-49-48-22-12-13-25-51(48)66(54(49)33-42)55-28-16-17-31-63-55/h12-36,40H,37-39H2,1-11H3. The van der Waals surface area contributed by atoms with E-state index in [4.69, 9.17) is 23.4 Å². The molecule has 0 spiro atoms. The van der Waals surface area contributed by atoms with Gasteiger partial charge in [0.1, 0.15) is 12.5 Å². The third-order valence-corrected chi connectivity index (χ3v) is 13.7. The molecule has 0 radical (unpaired) electrons. The van der Waals surface area contributed by atoms with Crippen LogP contribution in [-0.4, -0.2) is 37.6 Å². The molecular formula is C59H65B3N4O4. The van der Waals surface area contributed by atoms with Crippen molar-refractivity contribution in [3.63, 3.8) is 0 Å². The van der Waals surface area contributed by atoms with E-state index in [1.165, 1.54) is 27.5 Å². The molecule has 0 unspecified atom stereocenters. The van der Waals surface area contributed by atoms with Crippen molar-refractivity contribution in [3.05, 3.63) is 174 Å². The second kappa shape index (κ2) is 18.6. The fourth-order valence-corrected chi connectivity index (χ4v) is 9.82. The molecule has 0 bridgehead atoms. The third kappa shape index (κ3) is 9.33. The molecule has 1 fully saturated rings. The van der Waals surface area contributed by atoms with Crippen LogP contribution >= 0.6 is 0 Å². The number of pyridine rings is 1. The number of fused-ring (bicyclic) bond motifs is 4. The molecule has 4 heterocycles. The van der Waals surface area contributed by atoms with Gasteiger partial charge in [-0.1, -0.05) is 173 Å². The normalized spacial score (nSPS) is 14.7.